The van der Waals surface area contributed by atoms with Crippen LogP contribution >= 0.6 is 11.6 Å². The first-order valence-electron chi connectivity index (χ1n) is 11.3. The van der Waals surface area contributed by atoms with Crippen molar-refractivity contribution in [3.8, 4) is 11.8 Å². The van der Waals surface area contributed by atoms with E-state index in [-0.39, 0.29) is 47.1 Å². The minimum absolute atomic E-state index is 0.0171. The first-order chi connectivity index (χ1) is 15.4. The summed E-state index contributed by atoms with van der Waals surface area (Å²) in [4.78, 5) is 17.2. The summed E-state index contributed by atoms with van der Waals surface area (Å²) in [5.74, 6) is -0.0865. The van der Waals surface area contributed by atoms with E-state index < -0.39 is 5.82 Å². The maximum atomic E-state index is 13.5. The Labute approximate surface area is 192 Å². The van der Waals surface area contributed by atoms with Crippen LogP contribution in [0.2, 0.25) is 5.02 Å². The zero-order valence-electron chi connectivity index (χ0n) is 18.2. The highest BCUT2D eigenvalue weighted by atomic mass is 35.5. The highest BCUT2D eigenvalue weighted by Gasteiger charge is 2.57. The maximum absolute atomic E-state index is 13.5. The quantitative estimate of drug-likeness (QED) is 0.525. The van der Waals surface area contributed by atoms with Gasteiger partial charge in [0.05, 0.1) is 11.1 Å². The smallest absolute Gasteiger partial charge is 0.258 e. The normalized spacial score (nSPS) is 30.8. The molecule has 1 amide bonds. The molecule has 0 aromatic heterocycles. The number of carbonyl (C=O) groups is 1. The summed E-state index contributed by atoms with van der Waals surface area (Å²) in [5.41, 5.74) is 0.914. The predicted octanol–water partition coefficient (Wildman–Crippen LogP) is 2.94. The van der Waals surface area contributed by atoms with Crippen molar-refractivity contribution in [1.82, 2.24) is 16.0 Å². The van der Waals surface area contributed by atoms with Crippen LogP contribution in [0.5, 0.6) is 5.75 Å². The number of fused-ring (bicyclic) bond motifs is 1. The molecule has 9 heteroatoms. The van der Waals surface area contributed by atoms with Crippen molar-refractivity contribution in [1.29, 1.82) is 5.26 Å². The molecule has 3 unspecified atom stereocenters. The number of carbonyl (C=O) groups excluding carboxylic acids is 1. The first-order valence-corrected chi connectivity index (χ1v) is 11.6. The van der Waals surface area contributed by atoms with Crippen molar-refractivity contribution in [3.63, 3.8) is 0 Å². The van der Waals surface area contributed by atoms with Crippen molar-refractivity contribution >= 4 is 23.2 Å². The van der Waals surface area contributed by atoms with Gasteiger partial charge in [-0.3, -0.25) is 20.4 Å². The molecule has 3 fully saturated rings. The fourth-order valence-corrected chi connectivity index (χ4v) is 5.20. The fourth-order valence-electron chi connectivity index (χ4n) is 5.08. The summed E-state index contributed by atoms with van der Waals surface area (Å²) in [6.45, 7) is 2.59. The summed E-state index contributed by atoms with van der Waals surface area (Å²) in [6, 6.07) is 6.20. The number of rotatable bonds is 9. The largest absolute Gasteiger partial charge is 0.484 e. The van der Waals surface area contributed by atoms with Crippen LogP contribution in [0.1, 0.15) is 45.4 Å². The van der Waals surface area contributed by atoms with Crippen molar-refractivity contribution in [3.05, 3.63) is 29.0 Å². The molecule has 3 N–H and O–H groups in total. The van der Waals surface area contributed by atoms with Gasteiger partial charge in [0.2, 0.25) is 0 Å². The third-order valence-corrected chi connectivity index (χ3v) is 6.96. The third kappa shape index (κ3) is 5.06. The third-order valence-electron chi connectivity index (χ3n) is 6.65. The lowest BCUT2D eigenvalue weighted by Gasteiger charge is -2.42. The van der Waals surface area contributed by atoms with E-state index in [1.165, 1.54) is 18.2 Å². The Morgan fingerprint density at radius 3 is 2.97 bits per heavy atom. The Morgan fingerprint density at radius 1 is 1.44 bits per heavy atom. The predicted molar refractivity (Wildman–Crippen MR) is 120 cm³/mol. The summed E-state index contributed by atoms with van der Waals surface area (Å²) in [7, 11) is 0. The number of nitrogens with one attached hydrogen (secondary N) is 3. The van der Waals surface area contributed by atoms with E-state index in [0.29, 0.717) is 12.5 Å². The van der Waals surface area contributed by atoms with Gasteiger partial charge in [-0.1, -0.05) is 24.9 Å². The van der Waals surface area contributed by atoms with Crippen molar-refractivity contribution in [2.24, 2.45) is 10.9 Å². The van der Waals surface area contributed by atoms with Gasteiger partial charge in [-0.05, 0) is 50.2 Å². The van der Waals surface area contributed by atoms with Crippen LogP contribution in [0.3, 0.4) is 0 Å². The molecule has 1 aromatic rings. The molecule has 0 spiro atoms. The Kier molecular flexibility index (Phi) is 6.99. The molecule has 3 aliphatic carbocycles. The molecular weight excluding hydrogens is 433 g/mol. The van der Waals surface area contributed by atoms with Gasteiger partial charge < -0.3 is 10.1 Å². The molecule has 3 atom stereocenters. The summed E-state index contributed by atoms with van der Waals surface area (Å²) >= 11 is 5.66. The number of hydrogen-bond acceptors (Lipinski definition) is 6. The molecule has 1 aliphatic heterocycles. The highest BCUT2D eigenvalue weighted by molar-refractivity contribution is 6.30. The average Bonchev–Trinajstić information content (AvgIpc) is 3.26. The van der Waals surface area contributed by atoms with Gasteiger partial charge in [0, 0.05) is 29.9 Å². The van der Waals surface area contributed by atoms with Crippen LogP contribution < -0.4 is 20.7 Å². The molecule has 172 valence electrons. The monoisotopic (exact) mass is 461 g/mol. The second-order valence-electron chi connectivity index (χ2n) is 9.05. The van der Waals surface area contributed by atoms with Gasteiger partial charge in [0.25, 0.3) is 5.91 Å². The molecule has 5 rings (SSSR count). The van der Waals surface area contributed by atoms with Crippen LogP contribution in [0, 0.1) is 23.1 Å². The molecule has 0 saturated heterocycles. The zero-order chi connectivity index (χ0) is 22.7. The van der Waals surface area contributed by atoms with E-state index in [1.54, 1.807) is 0 Å². The number of nitriles is 1. The Morgan fingerprint density at radius 2 is 2.25 bits per heavy atom. The SMILES string of the molecule is CCCCC1=NC(NC23CC(C2)C(NC(=O)COc2ccc(Cl)c(F)c2)C3)CNC1C#N. The first kappa shape index (κ1) is 23.0. The molecule has 1 heterocycles. The number of ether oxygens (including phenoxy) is 1. The van der Waals surface area contributed by atoms with Crippen LogP contribution in [0.15, 0.2) is 23.2 Å². The lowest BCUT2D eigenvalue weighted by atomic mass is 9.76. The van der Waals surface area contributed by atoms with Gasteiger partial charge in [0.15, 0.2) is 6.61 Å². The average molecular weight is 462 g/mol. The second-order valence-corrected chi connectivity index (χ2v) is 9.45. The fraction of sp³-hybridized carbons (Fsp3) is 0.609. The lowest BCUT2D eigenvalue weighted by molar-refractivity contribution is -0.124. The summed E-state index contributed by atoms with van der Waals surface area (Å²) < 4.78 is 18.9. The van der Waals surface area contributed by atoms with E-state index in [1.807, 2.05) is 0 Å². The van der Waals surface area contributed by atoms with E-state index in [4.69, 9.17) is 21.3 Å². The topological polar surface area (TPSA) is 98.5 Å². The van der Waals surface area contributed by atoms with Gasteiger partial charge in [-0.25, -0.2) is 4.39 Å². The van der Waals surface area contributed by atoms with Crippen LogP contribution in [-0.4, -0.2) is 48.6 Å². The van der Waals surface area contributed by atoms with E-state index in [0.717, 1.165) is 44.2 Å². The summed E-state index contributed by atoms with van der Waals surface area (Å²) in [6.07, 6.45) is 5.72. The number of unbranched alkanes of at least 4 members (excludes halogenated alkanes) is 1. The standard InChI is InChI=1S/C23H29ClFN5O2/c1-2-3-4-18-20(11-26)27-12-21(28-18)30-23-8-14(9-23)19(10-23)29-22(31)13-32-15-5-6-16(24)17(25)7-15/h5-7,14,19-21,27,30H,2-4,8-10,12-13H2,1H3,(H,29,31). The minimum atomic E-state index is -0.576. The minimum Gasteiger partial charge on any atom is -0.484 e. The number of amides is 1. The molecule has 3 saturated carbocycles. The Bertz CT molecular complexity index is 927. The highest BCUT2D eigenvalue weighted by Crippen LogP contribution is 2.52. The maximum Gasteiger partial charge on any atom is 0.258 e. The van der Waals surface area contributed by atoms with Crippen LogP contribution in [0.25, 0.3) is 0 Å². The Hall–Kier alpha value is -2.21. The van der Waals surface area contributed by atoms with E-state index in [2.05, 4.69) is 28.9 Å². The second kappa shape index (κ2) is 9.74. The molecule has 0 radical (unpaired) electrons. The number of aliphatic imine (C=N–C) groups is 1. The molecule has 7 nitrogen and oxygen atoms in total. The van der Waals surface area contributed by atoms with Gasteiger partial charge >= 0.3 is 0 Å². The molecule has 4 aliphatic rings. The van der Waals surface area contributed by atoms with Crippen LogP contribution in [-0.2, 0) is 4.79 Å². The van der Waals surface area contributed by atoms with Crippen molar-refractivity contribution < 1.29 is 13.9 Å². The van der Waals surface area contributed by atoms with Crippen molar-refractivity contribution in [2.75, 3.05) is 13.2 Å². The number of halogens is 2. The van der Waals surface area contributed by atoms with E-state index >= 15 is 0 Å². The molecule has 1 aromatic carbocycles. The van der Waals surface area contributed by atoms with Crippen LogP contribution in [0.4, 0.5) is 4.39 Å². The van der Waals surface area contributed by atoms with Gasteiger partial charge in [0.1, 0.15) is 23.8 Å². The summed E-state index contributed by atoms with van der Waals surface area (Å²) in [5, 5.41) is 19.4. The van der Waals surface area contributed by atoms with Gasteiger partial charge in [-0.15, -0.1) is 0 Å². The zero-order valence-corrected chi connectivity index (χ0v) is 18.9. The lowest BCUT2D eigenvalue weighted by Crippen LogP contribution is -2.58. The number of nitrogens with zero attached hydrogens (tertiary/aromatic N) is 2. The number of hydrogen-bond donors (Lipinski definition) is 3. The molecular formula is C23H29ClFN5O2. The van der Waals surface area contributed by atoms with E-state index in [9.17, 15) is 14.4 Å². The Balaban J connectivity index is 1.27. The van der Waals surface area contributed by atoms with Gasteiger partial charge in [-0.2, -0.15) is 5.26 Å². The molecule has 32 heavy (non-hydrogen) atoms. The molecule has 2 bridgehead atoms. The van der Waals surface area contributed by atoms with Crippen molar-refractivity contribution in [2.45, 2.75) is 69.2 Å². The number of benzene rings is 1.